The number of aryl methyl sites for hydroxylation is 1. The second-order valence-electron chi connectivity index (χ2n) is 5.11. The first kappa shape index (κ1) is 14.4. The van der Waals surface area contributed by atoms with E-state index in [0.29, 0.717) is 17.4 Å². The first-order valence-electron chi connectivity index (χ1n) is 6.79. The Bertz CT molecular complexity index is 442. The molecule has 1 N–H and O–H groups in total. The summed E-state index contributed by atoms with van der Waals surface area (Å²) in [6.45, 7) is 3.61. The lowest BCUT2D eigenvalue weighted by molar-refractivity contribution is -0.116. The zero-order chi connectivity index (χ0) is 13.7. The molecule has 0 radical (unpaired) electrons. The Morgan fingerprint density at radius 2 is 2.16 bits per heavy atom. The van der Waals surface area contributed by atoms with Crippen LogP contribution >= 0.6 is 11.6 Å². The topological polar surface area (TPSA) is 38.3 Å². The molecule has 1 aromatic rings. The fourth-order valence-electron chi connectivity index (χ4n) is 2.26. The summed E-state index contributed by atoms with van der Waals surface area (Å²) in [7, 11) is 0. The van der Waals surface area contributed by atoms with Crippen molar-refractivity contribution in [2.45, 2.75) is 32.6 Å². The monoisotopic (exact) mass is 281 g/mol. The van der Waals surface area contributed by atoms with Crippen molar-refractivity contribution in [2.24, 2.45) is 5.92 Å². The molecule has 2 rings (SSSR count). The van der Waals surface area contributed by atoms with Crippen LogP contribution in [0.5, 0.6) is 0 Å². The Hall–Kier alpha value is -1.06. The van der Waals surface area contributed by atoms with Crippen molar-refractivity contribution in [2.75, 3.05) is 18.5 Å². The molecule has 3 nitrogen and oxygen atoms in total. The summed E-state index contributed by atoms with van der Waals surface area (Å²) in [5, 5.41) is 3.58. The van der Waals surface area contributed by atoms with E-state index in [1.165, 1.54) is 0 Å². The molecule has 1 fully saturated rings. The Balaban J connectivity index is 1.78. The van der Waals surface area contributed by atoms with E-state index in [1.54, 1.807) is 6.07 Å². The second kappa shape index (κ2) is 6.92. The third-order valence-corrected chi connectivity index (χ3v) is 3.98. The van der Waals surface area contributed by atoms with Crippen LogP contribution in [0.4, 0.5) is 5.69 Å². The number of rotatable bonds is 4. The summed E-state index contributed by atoms with van der Waals surface area (Å²) in [6, 6.07) is 5.59. The zero-order valence-corrected chi connectivity index (χ0v) is 12.0. The third kappa shape index (κ3) is 4.51. The van der Waals surface area contributed by atoms with Gasteiger partial charge < -0.3 is 10.1 Å². The number of benzene rings is 1. The maximum Gasteiger partial charge on any atom is 0.224 e. The number of carbonyl (C=O) groups excluding carboxylic acids is 1. The Morgan fingerprint density at radius 1 is 1.42 bits per heavy atom. The highest BCUT2D eigenvalue weighted by Crippen LogP contribution is 2.22. The summed E-state index contributed by atoms with van der Waals surface area (Å²) in [6.07, 6.45) is 3.65. The maximum atomic E-state index is 11.9. The van der Waals surface area contributed by atoms with Gasteiger partial charge in [-0.05, 0) is 49.8 Å². The van der Waals surface area contributed by atoms with E-state index in [1.807, 2.05) is 19.1 Å². The quantitative estimate of drug-likeness (QED) is 0.912. The molecule has 4 heteroatoms. The molecule has 0 aliphatic carbocycles. The minimum Gasteiger partial charge on any atom is -0.381 e. The average Bonchev–Trinajstić information content (AvgIpc) is 2.42. The van der Waals surface area contributed by atoms with Gasteiger partial charge in [-0.2, -0.15) is 0 Å². The Morgan fingerprint density at radius 3 is 2.84 bits per heavy atom. The number of hydrogen-bond donors (Lipinski definition) is 1. The van der Waals surface area contributed by atoms with E-state index in [-0.39, 0.29) is 5.91 Å². The summed E-state index contributed by atoms with van der Waals surface area (Å²) in [4.78, 5) is 11.9. The molecule has 0 unspecified atom stereocenters. The molecular formula is C15H20ClNO2. The van der Waals surface area contributed by atoms with Crippen LogP contribution in [0.1, 0.15) is 31.2 Å². The van der Waals surface area contributed by atoms with Gasteiger partial charge in [0.1, 0.15) is 0 Å². The lowest BCUT2D eigenvalue weighted by Crippen LogP contribution is -2.18. The molecular weight excluding hydrogens is 262 g/mol. The number of nitrogens with one attached hydrogen (secondary N) is 1. The predicted molar refractivity (Wildman–Crippen MR) is 77.6 cm³/mol. The number of hydrogen-bond acceptors (Lipinski definition) is 2. The maximum absolute atomic E-state index is 11.9. The number of ether oxygens (including phenoxy) is 1. The largest absolute Gasteiger partial charge is 0.381 e. The van der Waals surface area contributed by atoms with E-state index in [9.17, 15) is 4.79 Å². The standard InChI is InChI=1S/C15H20ClNO2/c1-11-2-4-13(10-14(11)16)17-15(18)5-3-12-6-8-19-9-7-12/h2,4,10,12H,3,5-9H2,1H3,(H,17,18). The van der Waals surface area contributed by atoms with Crippen molar-refractivity contribution in [3.8, 4) is 0 Å². The van der Waals surface area contributed by atoms with Crippen LogP contribution in [0.25, 0.3) is 0 Å². The van der Waals surface area contributed by atoms with Gasteiger partial charge in [-0.3, -0.25) is 4.79 Å². The van der Waals surface area contributed by atoms with Crippen molar-refractivity contribution >= 4 is 23.2 Å². The molecule has 0 saturated carbocycles. The molecule has 0 aromatic heterocycles. The molecule has 0 spiro atoms. The summed E-state index contributed by atoms with van der Waals surface area (Å²) < 4.78 is 5.31. The van der Waals surface area contributed by atoms with Crippen LogP contribution in [0.2, 0.25) is 5.02 Å². The van der Waals surface area contributed by atoms with E-state index >= 15 is 0 Å². The number of anilines is 1. The fourth-order valence-corrected chi connectivity index (χ4v) is 2.44. The highest BCUT2D eigenvalue weighted by molar-refractivity contribution is 6.31. The Labute approximate surface area is 119 Å². The van der Waals surface area contributed by atoms with Crippen molar-refractivity contribution in [1.82, 2.24) is 0 Å². The van der Waals surface area contributed by atoms with E-state index in [2.05, 4.69) is 5.32 Å². The van der Waals surface area contributed by atoms with Gasteiger partial charge in [0.2, 0.25) is 5.91 Å². The van der Waals surface area contributed by atoms with Crippen LogP contribution in [-0.4, -0.2) is 19.1 Å². The van der Waals surface area contributed by atoms with Gasteiger partial charge in [-0.25, -0.2) is 0 Å². The molecule has 1 aromatic carbocycles. The van der Waals surface area contributed by atoms with Gasteiger partial charge in [0.25, 0.3) is 0 Å². The molecule has 0 atom stereocenters. The van der Waals surface area contributed by atoms with Crippen LogP contribution < -0.4 is 5.32 Å². The normalized spacial score (nSPS) is 16.3. The summed E-state index contributed by atoms with van der Waals surface area (Å²) >= 11 is 6.03. The summed E-state index contributed by atoms with van der Waals surface area (Å²) in [5.74, 6) is 0.688. The molecule has 19 heavy (non-hydrogen) atoms. The van der Waals surface area contributed by atoms with Gasteiger partial charge in [-0.1, -0.05) is 17.7 Å². The van der Waals surface area contributed by atoms with Crippen molar-refractivity contribution in [3.05, 3.63) is 28.8 Å². The van der Waals surface area contributed by atoms with E-state index in [0.717, 1.165) is 43.7 Å². The molecule has 1 heterocycles. The van der Waals surface area contributed by atoms with Crippen molar-refractivity contribution < 1.29 is 9.53 Å². The lowest BCUT2D eigenvalue weighted by Gasteiger charge is -2.21. The molecule has 104 valence electrons. The van der Waals surface area contributed by atoms with E-state index in [4.69, 9.17) is 16.3 Å². The average molecular weight is 282 g/mol. The van der Waals surface area contributed by atoms with Gasteiger partial charge in [0.05, 0.1) is 0 Å². The van der Waals surface area contributed by atoms with Crippen LogP contribution in [0, 0.1) is 12.8 Å². The lowest BCUT2D eigenvalue weighted by atomic mass is 9.95. The Kier molecular flexibility index (Phi) is 5.23. The zero-order valence-electron chi connectivity index (χ0n) is 11.2. The smallest absolute Gasteiger partial charge is 0.224 e. The molecule has 0 bridgehead atoms. The predicted octanol–water partition coefficient (Wildman–Crippen LogP) is 3.79. The highest BCUT2D eigenvalue weighted by atomic mass is 35.5. The van der Waals surface area contributed by atoms with Gasteiger partial charge >= 0.3 is 0 Å². The van der Waals surface area contributed by atoms with Gasteiger partial charge in [0.15, 0.2) is 0 Å². The number of carbonyl (C=O) groups is 1. The van der Waals surface area contributed by atoms with Gasteiger partial charge in [-0.15, -0.1) is 0 Å². The van der Waals surface area contributed by atoms with Crippen LogP contribution in [0.15, 0.2) is 18.2 Å². The minimum absolute atomic E-state index is 0.0615. The molecule has 1 amide bonds. The van der Waals surface area contributed by atoms with E-state index < -0.39 is 0 Å². The van der Waals surface area contributed by atoms with Crippen molar-refractivity contribution in [1.29, 1.82) is 0 Å². The minimum atomic E-state index is 0.0615. The number of halogens is 1. The van der Waals surface area contributed by atoms with Crippen molar-refractivity contribution in [3.63, 3.8) is 0 Å². The fraction of sp³-hybridized carbons (Fsp3) is 0.533. The molecule has 1 saturated heterocycles. The first-order chi connectivity index (χ1) is 9.15. The first-order valence-corrected chi connectivity index (χ1v) is 7.16. The second-order valence-corrected chi connectivity index (χ2v) is 5.51. The molecule has 1 aliphatic heterocycles. The summed E-state index contributed by atoms with van der Waals surface area (Å²) in [5.41, 5.74) is 1.79. The van der Waals surface area contributed by atoms with Gasteiger partial charge in [0, 0.05) is 30.3 Å². The number of amides is 1. The third-order valence-electron chi connectivity index (χ3n) is 3.58. The van der Waals surface area contributed by atoms with Crippen LogP contribution in [0.3, 0.4) is 0 Å². The molecule has 1 aliphatic rings. The SMILES string of the molecule is Cc1ccc(NC(=O)CCC2CCOCC2)cc1Cl. The van der Waals surface area contributed by atoms with Crippen LogP contribution in [-0.2, 0) is 9.53 Å². The highest BCUT2D eigenvalue weighted by Gasteiger charge is 2.15.